The first-order chi connectivity index (χ1) is 14.3. The van der Waals surface area contributed by atoms with Gasteiger partial charge in [-0.1, -0.05) is 6.07 Å². The molecule has 0 radical (unpaired) electrons. The first-order valence-electron chi connectivity index (χ1n) is 9.05. The molecule has 2 aromatic carbocycles. The maximum absolute atomic E-state index is 12.0. The fourth-order valence-corrected chi connectivity index (χ4v) is 3.50. The van der Waals surface area contributed by atoms with Crippen molar-refractivity contribution in [3.63, 3.8) is 0 Å². The van der Waals surface area contributed by atoms with Gasteiger partial charge in [0, 0.05) is 48.4 Å². The van der Waals surface area contributed by atoms with E-state index < -0.39 is 11.9 Å². The number of aromatic carboxylic acids is 2. The number of carboxylic acid groups (broad SMARTS) is 2. The number of carboxylic acids is 2. The molecule has 2 N–H and O–H groups in total. The quantitative estimate of drug-likeness (QED) is 0.495. The third kappa shape index (κ3) is 3.16. The van der Waals surface area contributed by atoms with Gasteiger partial charge in [0.05, 0.1) is 11.1 Å². The molecule has 0 spiro atoms. The van der Waals surface area contributed by atoms with Crippen LogP contribution in [0.25, 0.3) is 33.4 Å². The van der Waals surface area contributed by atoms with E-state index in [4.69, 9.17) is 4.42 Å². The van der Waals surface area contributed by atoms with Gasteiger partial charge in [-0.3, -0.25) is 4.79 Å². The highest BCUT2D eigenvalue weighted by atomic mass is 16.4. The van der Waals surface area contributed by atoms with E-state index in [1.807, 2.05) is 37.2 Å². The Kier molecular flexibility index (Phi) is 4.50. The Morgan fingerprint density at radius 3 is 2.27 bits per heavy atom. The molecular weight excluding hydrogens is 386 g/mol. The van der Waals surface area contributed by atoms with Crippen molar-refractivity contribution >= 4 is 28.6 Å². The molecule has 4 rings (SSSR count). The van der Waals surface area contributed by atoms with Gasteiger partial charge in [0.15, 0.2) is 5.43 Å². The summed E-state index contributed by atoms with van der Waals surface area (Å²) in [7, 11) is 3.76. The SMILES string of the molecule is CN(C)c1ccc2c(-c3ccc(C(=O)O)cc3C(=O)O)c3ccc(=O)cc-3oc2c1. The average molecular weight is 403 g/mol. The van der Waals surface area contributed by atoms with E-state index in [9.17, 15) is 24.6 Å². The highest BCUT2D eigenvalue weighted by Gasteiger charge is 2.23. The van der Waals surface area contributed by atoms with E-state index in [2.05, 4.69) is 0 Å². The third-order valence-electron chi connectivity index (χ3n) is 4.96. The van der Waals surface area contributed by atoms with E-state index >= 15 is 0 Å². The minimum absolute atomic E-state index is 0.123. The van der Waals surface area contributed by atoms with E-state index in [0.29, 0.717) is 33.4 Å². The molecule has 1 aliphatic heterocycles. The van der Waals surface area contributed by atoms with E-state index in [0.717, 1.165) is 11.8 Å². The molecule has 0 aromatic heterocycles. The molecule has 0 saturated carbocycles. The maximum atomic E-state index is 12.0. The van der Waals surface area contributed by atoms with Gasteiger partial charge < -0.3 is 19.5 Å². The number of fused-ring (bicyclic) bond motifs is 2. The average Bonchev–Trinajstić information content (AvgIpc) is 2.70. The third-order valence-corrected chi connectivity index (χ3v) is 4.96. The van der Waals surface area contributed by atoms with Crippen molar-refractivity contribution in [2.24, 2.45) is 0 Å². The lowest BCUT2D eigenvalue weighted by atomic mass is 9.90. The Balaban J connectivity index is 2.15. The topological polar surface area (TPSA) is 108 Å². The van der Waals surface area contributed by atoms with Crippen LogP contribution in [-0.4, -0.2) is 36.2 Å². The molecule has 30 heavy (non-hydrogen) atoms. The van der Waals surface area contributed by atoms with Crippen molar-refractivity contribution < 1.29 is 24.2 Å². The molecule has 150 valence electrons. The van der Waals surface area contributed by atoms with Crippen molar-refractivity contribution in [3.8, 4) is 22.5 Å². The lowest BCUT2D eigenvalue weighted by Crippen LogP contribution is -2.08. The Morgan fingerprint density at radius 1 is 0.867 bits per heavy atom. The Hall–Kier alpha value is -4.13. The summed E-state index contributed by atoms with van der Waals surface area (Å²) in [6.45, 7) is 0. The summed E-state index contributed by atoms with van der Waals surface area (Å²) in [4.78, 5) is 37.1. The van der Waals surface area contributed by atoms with Crippen molar-refractivity contribution in [1.82, 2.24) is 0 Å². The lowest BCUT2D eigenvalue weighted by Gasteiger charge is -2.19. The molecule has 2 aliphatic rings. The van der Waals surface area contributed by atoms with Crippen LogP contribution >= 0.6 is 0 Å². The Morgan fingerprint density at radius 2 is 1.60 bits per heavy atom. The van der Waals surface area contributed by atoms with Gasteiger partial charge in [0.1, 0.15) is 11.3 Å². The summed E-state index contributed by atoms with van der Waals surface area (Å²) in [5.41, 5.74) is 2.31. The second-order valence-electron chi connectivity index (χ2n) is 7.08. The highest BCUT2D eigenvalue weighted by Crippen LogP contribution is 2.42. The smallest absolute Gasteiger partial charge is 0.336 e. The van der Waals surface area contributed by atoms with Gasteiger partial charge in [-0.15, -0.1) is 0 Å². The largest absolute Gasteiger partial charge is 0.478 e. The zero-order valence-electron chi connectivity index (χ0n) is 16.2. The molecule has 0 unspecified atom stereocenters. The predicted octanol–water partition coefficient (Wildman–Crippen LogP) is 4.03. The number of benzene rings is 3. The van der Waals surface area contributed by atoms with Crippen LogP contribution in [0, 0.1) is 0 Å². The Bertz CT molecular complexity index is 1350. The van der Waals surface area contributed by atoms with Crippen LogP contribution in [-0.2, 0) is 0 Å². The molecule has 1 aliphatic carbocycles. The molecule has 1 heterocycles. The second kappa shape index (κ2) is 7.04. The van der Waals surface area contributed by atoms with Crippen molar-refractivity contribution in [3.05, 3.63) is 75.9 Å². The molecule has 2 aromatic rings. The number of hydrogen-bond donors (Lipinski definition) is 2. The molecule has 7 nitrogen and oxygen atoms in total. The summed E-state index contributed by atoms with van der Waals surface area (Å²) in [5.74, 6) is -2.14. The van der Waals surface area contributed by atoms with Gasteiger partial charge in [-0.05, 0) is 42.0 Å². The Labute approximate surface area is 170 Å². The van der Waals surface area contributed by atoms with Gasteiger partial charge >= 0.3 is 11.9 Å². The molecule has 7 heteroatoms. The van der Waals surface area contributed by atoms with E-state index in [1.54, 1.807) is 6.07 Å². The van der Waals surface area contributed by atoms with E-state index in [-0.39, 0.29) is 16.6 Å². The lowest BCUT2D eigenvalue weighted by molar-refractivity contribution is 0.0696. The molecule has 0 amide bonds. The van der Waals surface area contributed by atoms with Crippen LogP contribution in [0.15, 0.2) is 63.8 Å². The number of carbonyl (C=O) groups is 2. The summed E-state index contributed by atoms with van der Waals surface area (Å²) in [6, 6.07) is 13.8. The summed E-state index contributed by atoms with van der Waals surface area (Å²) < 4.78 is 5.97. The van der Waals surface area contributed by atoms with Crippen LogP contribution in [0.1, 0.15) is 20.7 Å². The molecule has 0 saturated heterocycles. The summed E-state index contributed by atoms with van der Waals surface area (Å²) in [6.07, 6.45) is 0. The zero-order valence-corrected chi connectivity index (χ0v) is 16.2. The summed E-state index contributed by atoms with van der Waals surface area (Å²) >= 11 is 0. The predicted molar refractivity (Wildman–Crippen MR) is 113 cm³/mol. The number of rotatable bonds is 4. The second-order valence-corrected chi connectivity index (χ2v) is 7.08. The van der Waals surface area contributed by atoms with Crippen molar-refractivity contribution in [1.29, 1.82) is 0 Å². The molecular formula is C23H17NO6. The standard InChI is InChI=1S/C23H17NO6/c1-24(2)13-4-7-16-19(10-13)30-20-11-14(25)5-8-17(20)21(16)15-6-3-12(22(26)27)9-18(15)23(28)29/h3-11H,1-2H3,(H,26,27)(H,28,29). The number of nitrogens with zero attached hydrogens (tertiary/aromatic N) is 1. The highest BCUT2D eigenvalue weighted by molar-refractivity contribution is 6.08. The minimum Gasteiger partial charge on any atom is -0.478 e. The zero-order chi connectivity index (χ0) is 21.6. The van der Waals surface area contributed by atoms with Gasteiger partial charge in [-0.25, -0.2) is 9.59 Å². The van der Waals surface area contributed by atoms with Crippen LogP contribution in [0.3, 0.4) is 0 Å². The van der Waals surface area contributed by atoms with Crippen LogP contribution in [0.2, 0.25) is 0 Å². The monoisotopic (exact) mass is 403 g/mol. The van der Waals surface area contributed by atoms with Crippen molar-refractivity contribution in [2.45, 2.75) is 0 Å². The van der Waals surface area contributed by atoms with Gasteiger partial charge in [0.25, 0.3) is 0 Å². The molecule has 0 bridgehead atoms. The molecule has 0 atom stereocenters. The van der Waals surface area contributed by atoms with Crippen molar-refractivity contribution in [2.75, 3.05) is 19.0 Å². The fraction of sp³-hybridized carbons (Fsp3) is 0.0870. The molecule has 0 fully saturated rings. The van der Waals surface area contributed by atoms with Crippen LogP contribution in [0.4, 0.5) is 5.69 Å². The number of hydrogen-bond acceptors (Lipinski definition) is 5. The van der Waals surface area contributed by atoms with Gasteiger partial charge in [0.2, 0.25) is 0 Å². The normalized spacial score (nSPS) is 11.0. The maximum Gasteiger partial charge on any atom is 0.336 e. The first kappa shape index (κ1) is 19.2. The summed E-state index contributed by atoms with van der Waals surface area (Å²) in [5, 5.41) is 19.7. The number of anilines is 1. The van der Waals surface area contributed by atoms with Gasteiger partial charge in [-0.2, -0.15) is 0 Å². The van der Waals surface area contributed by atoms with Crippen LogP contribution < -0.4 is 10.3 Å². The minimum atomic E-state index is -1.25. The van der Waals surface area contributed by atoms with Crippen LogP contribution in [0.5, 0.6) is 0 Å². The van der Waals surface area contributed by atoms with E-state index in [1.165, 1.54) is 24.3 Å². The first-order valence-corrected chi connectivity index (χ1v) is 9.05. The fourth-order valence-electron chi connectivity index (χ4n) is 3.50.